The van der Waals surface area contributed by atoms with Crippen LogP contribution in [0.15, 0.2) is 23.4 Å². The second kappa shape index (κ2) is 5.95. The van der Waals surface area contributed by atoms with Crippen molar-refractivity contribution in [3.63, 3.8) is 0 Å². The molecule has 5 nitrogen and oxygen atoms in total. The molecule has 2 aromatic rings. The van der Waals surface area contributed by atoms with Crippen molar-refractivity contribution >= 4 is 17.1 Å². The summed E-state index contributed by atoms with van der Waals surface area (Å²) in [4.78, 5) is 8.35. The highest BCUT2D eigenvalue weighted by atomic mass is 19.4. The van der Waals surface area contributed by atoms with Gasteiger partial charge in [0, 0.05) is 11.6 Å². The summed E-state index contributed by atoms with van der Waals surface area (Å²) < 4.78 is 46.9. The fourth-order valence-electron chi connectivity index (χ4n) is 3.63. The highest BCUT2D eigenvalue weighted by Crippen LogP contribution is 2.48. The molecule has 0 amide bonds. The number of nitrogens with one attached hydrogen (secondary N) is 1. The summed E-state index contributed by atoms with van der Waals surface area (Å²) in [5.74, 6) is 0.706. The number of alkyl halides is 3. The van der Waals surface area contributed by atoms with Crippen LogP contribution in [0, 0.1) is 5.92 Å². The SMILES string of the molecule is C[C@@H](COC(C)(C)C)C1=C2CCC2n2c(nc3ccc(C(F)(F)F)nc32)N1. The van der Waals surface area contributed by atoms with E-state index in [4.69, 9.17) is 4.74 Å². The van der Waals surface area contributed by atoms with Crippen LogP contribution in [0.2, 0.25) is 0 Å². The number of pyridine rings is 1. The second-order valence-corrected chi connectivity index (χ2v) is 8.29. The predicted octanol–water partition coefficient (Wildman–Crippen LogP) is 4.92. The van der Waals surface area contributed by atoms with Crippen molar-refractivity contribution in [3.05, 3.63) is 29.1 Å². The second-order valence-electron chi connectivity index (χ2n) is 8.29. The van der Waals surface area contributed by atoms with E-state index in [9.17, 15) is 13.2 Å². The Morgan fingerprint density at radius 1 is 1.26 bits per heavy atom. The zero-order valence-electron chi connectivity index (χ0n) is 15.8. The average Bonchev–Trinajstić information content (AvgIpc) is 2.87. The van der Waals surface area contributed by atoms with Gasteiger partial charge in [-0.3, -0.25) is 4.57 Å². The van der Waals surface area contributed by atoms with E-state index in [0.29, 0.717) is 18.1 Å². The molecule has 0 spiro atoms. The van der Waals surface area contributed by atoms with Crippen LogP contribution in [-0.4, -0.2) is 26.7 Å². The molecule has 0 saturated heterocycles. The third-order valence-corrected chi connectivity index (χ3v) is 5.08. The minimum absolute atomic E-state index is 0.0225. The van der Waals surface area contributed by atoms with E-state index in [1.807, 2.05) is 25.3 Å². The lowest BCUT2D eigenvalue weighted by Gasteiger charge is -2.40. The third-order valence-electron chi connectivity index (χ3n) is 5.08. The lowest BCUT2D eigenvalue weighted by Crippen LogP contribution is -2.34. The van der Waals surface area contributed by atoms with Gasteiger partial charge in [0.2, 0.25) is 5.95 Å². The molecule has 27 heavy (non-hydrogen) atoms. The number of allylic oxidation sites excluding steroid dienone is 1. The first-order valence-corrected chi connectivity index (χ1v) is 9.15. The van der Waals surface area contributed by atoms with Gasteiger partial charge in [-0.25, -0.2) is 9.97 Å². The molecule has 4 rings (SSSR count). The summed E-state index contributed by atoms with van der Waals surface area (Å²) in [7, 11) is 0. The fraction of sp³-hybridized carbons (Fsp3) is 0.579. The van der Waals surface area contributed by atoms with Crippen molar-refractivity contribution in [2.45, 2.75) is 58.4 Å². The van der Waals surface area contributed by atoms with Gasteiger partial charge in [0.15, 0.2) is 5.65 Å². The molecule has 1 fully saturated rings. The number of anilines is 1. The molecule has 1 unspecified atom stereocenters. The van der Waals surface area contributed by atoms with Crippen LogP contribution in [0.4, 0.5) is 19.1 Å². The number of hydrogen-bond donors (Lipinski definition) is 1. The number of imidazole rings is 1. The summed E-state index contributed by atoms with van der Waals surface area (Å²) in [6, 6.07) is 2.40. The van der Waals surface area contributed by atoms with Crippen LogP contribution in [0.3, 0.4) is 0 Å². The normalized spacial score (nSPS) is 20.8. The molecule has 8 heteroatoms. The Morgan fingerprint density at radius 2 is 2.00 bits per heavy atom. The first-order valence-electron chi connectivity index (χ1n) is 9.15. The standard InChI is InChI=1S/C19H23F3N4O/c1-10(9-27-18(2,3)4)15-11-5-7-13(11)26-16-12(23-17(26)25-15)6-8-14(24-16)19(20,21)22/h6,8,10,13H,5,7,9H2,1-4H3,(H,23,25)/t10-,13?/m0/s1. The number of fused-ring (bicyclic) bond motifs is 5. The highest BCUT2D eigenvalue weighted by Gasteiger charge is 2.39. The number of rotatable bonds is 3. The van der Waals surface area contributed by atoms with E-state index in [1.54, 1.807) is 0 Å². The maximum absolute atomic E-state index is 13.1. The van der Waals surface area contributed by atoms with Crippen molar-refractivity contribution in [2.75, 3.05) is 11.9 Å². The van der Waals surface area contributed by atoms with Crippen molar-refractivity contribution in [2.24, 2.45) is 5.92 Å². The van der Waals surface area contributed by atoms with Gasteiger partial charge in [-0.2, -0.15) is 13.2 Å². The van der Waals surface area contributed by atoms with Gasteiger partial charge in [0.25, 0.3) is 0 Å². The fourth-order valence-corrected chi connectivity index (χ4v) is 3.63. The van der Waals surface area contributed by atoms with Crippen molar-refractivity contribution in [3.8, 4) is 0 Å². The van der Waals surface area contributed by atoms with Crippen LogP contribution >= 0.6 is 0 Å². The molecule has 146 valence electrons. The van der Waals surface area contributed by atoms with E-state index < -0.39 is 11.9 Å². The van der Waals surface area contributed by atoms with Crippen LogP contribution < -0.4 is 5.32 Å². The molecule has 2 aliphatic rings. The van der Waals surface area contributed by atoms with Gasteiger partial charge in [-0.05, 0) is 51.3 Å². The van der Waals surface area contributed by atoms with E-state index in [2.05, 4.69) is 22.2 Å². The average molecular weight is 380 g/mol. The third kappa shape index (κ3) is 3.20. The summed E-state index contributed by atoms with van der Waals surface area (Å²) in [5.41, 5.74) is 1.93. The Morgan fingerprint density at radius 3 is 2.59 bits per heavy atom. The van der Waals surface area contributed by atoms with E-state index in [0.717, 1.165) is 24.6 Å². The van der Waals surface area contributed by atoms with Gasteiger partial charge < -0.3 is 10.1 Å². The van der Waals surface area contributed by atoms with Crippen molar-refractivity contribution in [1.29, 1.82) is 0 Å². The minimum Gasteiger partial charge on any atom is -0.375 e. The number of nitrogens with zero attached hydrogens (tertiary/aromatic N) is 3. The number of halogens is 3. The topological polar surface area (TPSA) is 52.0 Å². The van der Waals surface area contributed by atoms with E-state index >= 15 is 0 Å². The van der Waals surface area contributed by atoms with Gasteiger partial charge in [0.1, 0.15) is 11.2 Å². The monoisotopic (exact) mass is 380 g/mol. The van der Waals surface area contributed by atoms with Gasteiger partial charge in [-0.15, -0.1) is 0 Å². The first-order chi connectivity index (χ1) is 12.5. The smallest absolute Gasteiger partial charge is 0.375 e. The molecular weight excluding hydrogens is 357 g/mol. The summed E-state index contributed by atoms with van der Waals surface area (Å²) in [5, 5.41) is 3.34. The molecule has 2 aromatic heterocycles. The van der Waals surface area contributed by atoms with E-state index in [-0.39, 0.29) is 23.2 Å². The molecule has 1 saturated carbocycles. The summed E-state index contributed by atoms with van der Waals surface area (Å²) in [6.07, 6.45) is -2.67. The first kappa shape index (κ1) is 18.3. The molecule has 2 atom stereocenters. The Balaban J connectivity index is 1.69. The zero-order valence-corrected chi connectivity index (χ0v) is 15.8. The number of ether oxygens (including phenoxy) is 1. The maximum atomic E-state index is 13.1. The molecule has 1 aliphatic heterocycles. The molecular formula is C19H23F3N4O. The van der Waals surface area contributed by atoms with Gasteiger partial charge >= 0.3 is 6.18 Å². The molecule has 3 heterocycles. The molecule has 1 N–H and O–H groups in total. The lowest BCUT2D eigenvalue weighted by atomic mass is 9.80. The molecule has 0 bridgehead atoms. The minimum atomic E-state index is -4.47. The lowest BCUT2D eigenvalue weighted by molar-refractivity contribution is -0.141. The van der Waals surface area contributed by atoms with Crippen molar-refractivity contribution < 1.29 is 17.9 Å². The predicted molar refractivity (Wildman–Crippen MR) is 96.3 cm³/mol. The van der Waals surface area contributed by atoms with Gasteiger partial charge in [-0.1, -0.05) is 6.92 Å². The van der Waals surface area contributed by atoms with Crippen LogP contribution in [0.1, 0.15) is 52.3 Å². The van der Waals surface area contributed by atoms with Crippen LogP contribution in [-0.2, 0) is 10.9 Å². The Hall–Kier alpha value is -2.09. The molecule has 0 radical (unpaired) electrons. The quantitative estimate of drug-likeness (QED) is 0.822. The summed E-state index contributed by atoms with van der Waals surface area (Å²) >= 11 is 0. The Labute approximate surface area is 155 Å². The maximum Gasteiger partial charge on any atom is 0.433 e. The Kier molecular flexibility index (Phi) is 4.03. The Bertz CT molecular complexity index is 923. The largest absolute Gasteiger partial charge is 0.433 e. The summed E-state index contributed by atoms with van der Waals surface area (Å²) in [6.45, 7) is 8.71. The van der Waals surface area contributed by atoms with Crippen LogP contribution in [0.5, 0.6) is 0 Å². The number of aromatic nitrogens is 3. The number of hydrogen-bond acceptors (Lipinski definition) is 4. The zero-order chi connectivity index (χ0) is 19.6. The highest BCUT2D eigenvalue weighted by molar-refractivity contribution is 5.77. The molecule has 0 aromatic carbocycles. The van der Waals surface area contributed by atoms with Crippen molar-refractivity contribution in [1.82, 2.24) is 14.5 Å². The van der Waals surface area contributed by atoms with E-state index in [1.165, 1.54) is 11.6 Å². The van der Waals surface area contributed by atoms with Crippen LogP contribution in [0.25, 0.3) is 11.2 Å². The molecule has 1 aliphatic carbocycles. The van der Waals surface area contributed by atoms with Gasteiger partial charge in [0.05, 0.1) is 18.2 Å².